The summed E-state index contributed by atoms with van der Waals surface area (Å²) in [5, 5.41) is 11.7. The van der Waals surface area contributed by atoms with Crippen LogP contribution in [0, 0.1) is 0 Å². The van der Waals surface area contributed by atoms with Gasteiger partial charge in [0.05, 0.1) is 17.3 Å². The summed E-state index contributed by atoms with van der Waals surface area (Å²) in [5.74, 6) is 1.33. The second-order valence-electron chi connectivity index (χ2n) is 10.6. The van der Waals surface area contributed by atoms with E-state index in [0.717, 1.165) is 78.2 Å². The summed E-state index contributed by atoms with van der Waals surface area (Å²) in [7, 11) is 2.14. The van der Waals surface area contributed by atoms with Gasteiger partial charge in [-0.3, -0.25) is 4.79 Å². The zero-order valence-electron chi connectivity index (χ0n) is 22.9. The van der Waals surface area contributed by atoms with Gasteiger partial charge >= 0.3 is 0 Å². The zero-order valence-corrected chi connectivity index (χ0v) is 22.9. The first-order chi connectivity index (χ1) is 20.1. The van der Waals surface area contributed by atoms with Crippen LogP contribution >= 0.6 is 0 Å². The average molecular weight is 553 g/mol. The Morgan fingerprint density at radius 2 is 1.93 bits per heavy atom. The Balaban J connectivity index is 1.11. The quantitative estimate of drug-likeness (QED) is 0.291. The lowest BCUT2D eigenvalue weighted by Gasteiger charge is -2.33. The minimum Gasteiger partial charge on any atom is -0.381 e. The van der Waals surface area contributed by atoms with Crippen molar-refractivity contribution in [3.63, 3.8) is 0 Å². The van der Waals surface area contributed by atoms with Gasteiger partial charge in [-0.15, -0.1) is 0 Å². The molecule has 0 radical (unpaired) electrons. The Kier molecular flexibility index (Phi) is 6.69. The minimum atomic E-state index is -0.117. The number of H-pyrrole nitrogens is 1. The van der Waals surface area contributed by atoms with E-state index in [1.54, 1.807) is 10.7 Å². The number of pyridine rings is 2. The molecule has 2 saturated heterocycles. The molecule has 12 nitrogen and oxygen atoms in total. The van der Waals surface area contributed by atoms with Crippen molar-refractivity contribution >= 4 is 39.9 Å². The summed E-state index contributed by atoms with van der Waals surface area (Å²) in [4.78, 5) is 34.9. The van der Waals surface area contributed by atoms with Gasteiger partial charge in [0, 0.05) is 92.9 Å². The molecule has 12 heteroatoms. The fraction of sp³-hybridized carbons (Fsp3) is 0.345. The van der Waals surface area contributed by atoms with Crippen molar-refractivity contribution in [2.45, 2.75) is 18.9 Å². The molecule has 7 heterocycles. The maximum atomic E-state index is 13.1. The molecule has 5 aromatic rings. The van der Waals surface area contributed by atoms with E-state index in [2.05, 4.69) is 47.5 Å². The molecule has 0 aliphatic carbocycles. The fourth-order valence-electron chi connectivity index (χ4n) is 5.47. The van der Waals surface area contributed by atoms with Gasteiger partial charge in [-0.2, -0.15) is 10.1 Å². The van der Waals surface area contributed by atoms with Gasteiger partial charge in [0.15, 0.2) is 0 Å². The molecule has 0 unspecified atom stereocenters. The lowest BCUT2D eigenvalue weighted by atomic mass is 10.1. The number of aromatic amines is 1. The van der Waals surface area contributed by atoms with Crippen LogP contribution in [0.15, 0.2) is 55.2 Å². The van der Waals surface area contributed by atoms with E-state index < -0.39 is 0 Å². The van der Waals surface area contributed by atoms with Gasteiger partial charge in [-0.05, 0) is 43.7 Å². The number of rotatable bonds is 6. The molecule has 41 heavy (non-hydrogen) atoms. The number of carbonyl (C=O) groups is 1. The number of amides is 1. The highest BCUT2D eigenvalue weighted by Crippen LogP contribution is 2.30. The van der Waals surface area contributed by atoms with E-state index in [-0.39, 0.29) is 11.9 Å². The number of ether oxygens (including phenoxy) is 1. The van der Waals surface area contributed by atoms with E-state index >= 15 is 0 Å². The van der Waals surface area contributed by atoms with Gasteiger partial charge in [0.1, 0.15) is 11.5 Å². The number of nitrogens with zero attached hydrogens (tertiary/aromatic N) is 7. The first-order valence-corrected chi connectivity index (χ1v) is 14.0. The number of piperazine rings is 1. The van der Waals surface area contributed by atoms with Crippen LogP contribution in [0.25, 0.3) is 27.7 Å². The monoisotopic (exact) mass is 552 g/mol. The zero-order chi connectivity index (χ0) is 27.8. The number of hydrogen-bond acceptors (Lipinski definition) is 9. The number of hydrogen-bond donors (Lipinski definition) is 3. The summed E-state index contributed by atoms with van der Waals surface area (Å²) < 4.78 is 7.13. The highest BCUT2D eigenvalue weighted by Gasteiger charge is 2.21. The maximum absolute atomic E-state index is 13.1. The molecule has 0 bridgehead atoms. The topological polar surface area (TPSA) is 129 Å². The molecule has 5 aromatic heterocycles. The third-order valence-corrected chi connectivity index (χ3v) is 7.89. The highest BCUT2D eigenvalue weighted by atomic mass is 16.5. The van der Waals surface area contributed by atoms with Crippen molar-refractivity contribution in [3.8, 4) is 11.1 Å². The minimum absolute atomic E-state index is 0.117. The number of likely N-dealkylation sites (N-methyl/N-ethyl adjacent to an activating group) is 1. The lowest BCUT2D eigenvalue weighted by Crippen LogP contribution is -2.44. The summed E-state index contributed by atoms with van der Waals surface area (Å²) in [6, 6.07) is 8.04. The Hall–Kier alpha value is -4.55. The Morgan fingerprint density at radius 1 is 1.07 bits per heavy atom. The SMILES string of the molecule is CN1CCN(c2cc(Nc3ncc4c(-c5ccn6ncc(C(=O)NC7CCOCC7)c6c5)c[nH]c4n3)ccn2)CC1. The first kappa shape index (κ1) is 25.4. The van der Waals surface area contributed by atoms with Crippen LogP contribution in [-0.2, 0) is 4.74 Å². The standard InChI is InChI=1S/C29H32N10O2/c1-37-8-10-38(11-9-37)26-15-21(2-6-30-26)35-29-32-17-23-22(16-31-27(23)36-29)19-3-7-39-25(14-19)24(18-33-39)28(40)34-20-4-12-41-13-5-20/h2-3,6-7,14-18,20H,4-5,8-13H2,1H3,(H,34,40)(H2,30,31,32,35,36). The molecule has 0 aromatic carbocycles. The summed E-state index contributed by atoms with van der Waals surface area (Å²) in [5.41, 5.74) is 4.80. The van der Waals surface area contributed by atoms with Crippen LogP contribution in [0.5, 0.6) is 0 Å². The highest BCUT2D eigenvalue weighted by molar-refractivity contribution is 6.02. The lowest BCUT2D eigenvalue weighted by molar-refractivity contribution is 0.0697. The van der Waals surface area contributed by atoms with Crippen molar-refractivity contribution in [3.05, 3.63) is 60.8 Å². The van der Waals surface area contributed by atoms with Crippen molar-refractivity contribution in [1.82, 2.24) is 39.8 Å². The van der Waals surface area contributed by atoms with E-state index in [0.29, 0.717) is 24.7 Å². The second-order valence-corrected chi connectivity index (χ2v) is 10.6. The van der Waals surface area contributed by atoms with Gasteiger partial charge in [-0.25, -0.2) is 14.5 Å². The molecule has 0 atom stereocenters. The molecule has 1 amide bonds. The van der Waals surface area contributed by atoms with Crippen molar-refractivity contribution in [2.75, 3.05) is 56.7 Å². The third-order valence-electron chi connectivity index (χ3n) is 7.89. The molecular weight excluding hydrogens is 520 g/mol. The van der Waals surface area contributed by atoms with E-state index in [1.807, 2.05) is 49.1 Å². The Bertz CT molecular complexity index is 1700. The van der Waals surface area contributed by atoms with Crippen molar-refractivity contribution in [2.24, 2.45) is 0 Å². The molecule has 3 N–H and O–H groups in total. The largest absolute Gasteiger partial charge is 0.381 e. The number of aromatic nitrogens is 6. The van der Waals surface area contributed by atoms with Crippen LogP contribution in [0.2, 0.25) is 0 Å². The summed E-state index contributed by atoms with van der Waals surface area (Å²) >= 11 is 0. The molecule has 2 fully saturated rings. The molecule has 0 spiro atoms. The number of fused-ring (bicyclic) bond motifs is 2. The first-order valence-electron chi connectivity index (χ1n) is 14.0. The van der Waals surface area contributed by atoms with Crippen LogP contribution in [0.4, 0.5) is 17.5 Å². The molecule has 7 rings (SSSR count). The smallest absolute Gasteiger partial charge is 0.255 e. The Labute approximate surface area is 236 Å². The van der Waals surface area contributed by atoms with Gasteiger partial charge in [0.2, 0.25) is 5.95 Å². The van der Waals surface area contributed by atoms with Gasteiger partial charge in [0.25, 0.3) is 5.91 Å². The van der Waals surface area contributed by atoms with Crippen LogP contribution in [-0.4, -0.2) is 92.8 Å². The Morgan fingerprint density at radius 3 is 2.78 bits per heavy atom. The maximum Gasteiger partial charge on any atom is 0.255 e. The molecule has 2 aliphatic rings. The molecule has 0 saturated carbocycles. The van der Waals surface area contributed by atoms with Crippen molar-refractivity contribution < 1.29 is 9.53 Å². The fourth-order valence-corrected chi connectivity index (χ4v) is 5.47. The average Bonchev–Trinajstić information content (AvgIpc) is 3.62. The van der Waals surface area contributed by atoms with Crippen LogP contribution in [0.1, 0.15) is 23.2 Å². The molecule has 2 aliphatic heterocycles. The van der Waals surface area contributed by atoms with E-state index in [9.17, 15) is 4.79 Å². The summed E-state index contributed by atoms with van der Waals surface area (Å²) in [6.45, 7) is 5.29. The number of anilines is 3. The van der Waals surface area contributed by atoms with E-state index in [1.165, 1.54) is 0 Å². The predicted molar refractivity (Wildman–Crippen MR) is 157 cm³/mol. The van der Waals surface area contributed by atoms with Crippen molar-refractivity contribution in [1.29, 1.82) is 0 Å². The van der Waals surface area contributed by atoms with Gasteiger partial charge < -0.3 is 30.2 Å². The molecular formula is C29H32N10O2. The van der Waals surface area contributed by atoms with E-state index in [4.69, 9.17) is 9.72 Å². The summed E-state index contributed by atoms with van der Waals surface area (Å²) in [6.07, 6.45) is 10.7. The normalized spacial score (nSPS) is 16.9. The van der Waals surface area contributed by atoms with Gasteiger partial charge in [-0.1, -0.05) is 0 Å². The van der Waals surface area contributed by atoms with Crippen LogP contribution < -0.4 is 15.5 Å². The predicted octanol–water partition coefficient (Wildman–Crippen LogP) is 3.07. The number of carbonyl (C=O) groups excluding carboxylic acids is 1. The molecule has 210 valence electrons. The second kappa shape index (κ2) is 10.8. The third kappa shape index (κ3) is 5.19. The van der Waals surface area contributed by atoms with Crippen LogP contribution in [0.3, 0.4) is 0 Å². The number of nitrogens with one attached hydrogen (secondary N) is 3.